The van der Waals surface area contributed by atoms with Crippen molar-refractivity contribution in [2.75, 3.05) is 25.4 Å². The molecule has 190 valence electrons. The van der Waals surface area contributed by atoms with Gasteiger partial charge in [-0.15, -0.1) is 0 Å². The second-order valence-electron chi connectivity index (χ2n) is 9.09. The largest absolute Gasteiger partial charge is 0.408 e. The van der Waals surface area contributed by atoms with Crippen LogP contribution in [0.25, 0.3) is 10.9 Å². The Morgan fingerprint density at radius 3 is 2.67 bits per heavy atom. The van der Waals surface area contributed by atoms with E-state index >= 15 is 0 Å². The molecule has 13 heteroatoms. The van der Waals surface area contributed by atoms with Gasteiger partial charge in [0, 0.05) is 11.9 Å². The van der Waals surface area contributed by atoms with Gasteiger partial charge in [-0.25, -0.2) is 9.37 Å². The lowest BCUT2D eigenvalue weighted by Gasteiger charge is -2.45. The first-order valence-electron chi connectivity index (χ1n) is 11.2. The molecule has 0 spiro atoms. The Bertz CT molecular complexity index is 1350. The molecule has 9 nitrogen and oxygen atoms in total. The lowest BCUT2D eigenvalue weighted by molar-refractivity contribution is -0.183. The fourth-order valence-electron chi connectivity index (χ4n) is 4.88. The van der Waals surface area contributed by atoms with Crippen LogP contribution < -0.4 is 5.73 Å². The summed E-state index contributed by atoms with van der Waals surface area (Å²) in [5, 5.41) is 16.1. The van der Waals surface area contributed by atoms with Crippen LogP contribution in [0.1, 0.15) is 28.9 Å². The quantitative estimate of drug-likeness (QED) is 0.523. The summed E-state index contributed by atoms with van der Waals surface area (Å²) in [6.45, 7) is -0.838. The number of para-hydroxylation sites is 1. The number of halogens is 4. The number of rotatable bonds is 4. The molecular weight excluding hydrogens is 484 g/mol. The number of benzene rings is 1. The van der Waals surface area contributed by atoms with Gasteiger partial charge in [0.1, 0.15) is 29.7 Å². The standard InChI is InChI=1S/C23H22F4N6O3/c24-15-9-29-18(28)8-14(15)21(35)31-11-22(36,12-31)20-13-4-1-2-5-16(13)33(30-20)10-19(34)32-7-3-6-17(32)23(25,26)27/h1-2,4-5,8-9,17,36H,3,6-7,10-12H2,(H2,28,29)/t17-/m0/s1. The topological polar surface area (TPSA) is 118 Å². The van der Waals surface area contributed by atoms with Crippen LogP contribution in [-0.4, -0.2) is 73.3 Å². The van der Waals surface area contributed by atoms with Gasteiger partial charge in [-0.1, -0.05) is 18.2 Å². The fraction of sp³-hybridized carbons (Fsp3) is 0.391. The van der Waals surface area contributed by atoms with Crippen LogP contribution in [0.15, 0.2) is 36.5 Å². The number of aliphatic hydroxyl groups is 1. The van der Waals surface area contributed by atoms with E-state index in [1.807, 2.05) is 0 Å². The first-order chi connectivity index (χ1) is 17.0. The van der Waals surface area contributed by atoms with Crippen LogP contribution in [0, 0.1) is 5.82 Å². The van der Waals surface area contributed by atoms with Gasteiger partial charge in [-0.05, 0) is 25.0 Å². The summed E-state index contributed by atoms with van der Waals surface area (Å²) < 4.78 is 55.3. The molecule has 1 aromatic carbocycles. The van der Waals surface area contributed by atoms with Gasteiger partial charge in [0.25, 0.3) is 5.91 Å². The van der Waals surface area contributed by atoms with Crippen molar-refractivity contribution in [2.45, 2.75) is 37.2 Å². The monoisotopic (exact) mass is 506 g/mol. The Morgan fingerprint density at radius 2 is 1.94 bits per heavy atom. The van der Waals surface area contributed by atoms with Gasteiger partial charge in [0.2, 0.25) is 5.91 Å². The number of nitrogens with zero attached hydrogens (tertiary/aromatic N) is 5. The number of amides is 2. The number of likely N-dealkylation sites (tertiary alicyclic amines) is 2. The highest BCUT2D eigenvalue weighted by Crippen LogP contribution is 2.37. The normalized spacial score (nSPS) is 19.5. The van der Waals surface area contributed by atoms with Crippen molar-refractivity contribution in [3.8, 4) is 0 Å². The molecular formula is C23H22F4N6O3. The van der Waals surface area contributed by atoms with E-state index in [4.69, 9.17) is 5.73 Å². The number of anilines is 1. The van der Waals surface area contributed by atoms with Gasteiger partial charge < -0.3 is 20.6 Å². The van der Waals surface area contributed by atoms with E-state index in [0.717, 1.165) is 17.2 Å². The van der Waals surface area contributed by atoms with E-state index in [9.17, 15) is 32.3 Å². The number of carbonyl (C=O) groups is 2. The maximum absolute atomic E-state index is 14.1. The molecule has 2 aliphatic heterocycles. The van der Waals surface area contributed by atoms with Crippen LogP contribution in [0.2, 0.25) is 0 Å². The molecule has 2 fully saturated rings. The van der Waals surface area contributed by atoms with Crippen molar-refractivity contribution in [1.82, 2.24) is 24.6 Å². The molecule has 5 rings (SSSR count). The summed E-state index contributed by atoms with van der Waals surface area (Å²) in [6, 6.07) is 5.96. The molecule has 36 heavy (non-hydrogen) atoms. The highest BCUT2D eigenvalue weighted by Gasteiger charge is 2.49. The highest BCUT2D eigenvalue weighted by molar-refractivity contribution is 5.96. The highest BCUT2D eigenvalue weighted by atomic mass is 19.4. The van der Waals surface area contributed by atoms with E-state index in [0.29, 0.717) is 10.9 Å². The molecule has 2 aromatic heterocycles. The zero-order valence-corrected chi connectivity index (χ0v) is 18.9. The number of nitrogen functional groups attached to an aromatic ring is 1. The summed E-state index contributed by atoms with van der Waals surface area (Å²) in [5.74, 6) is -2.29. The number of carbonyl (C=O) groups excluding carboxylic acids is 2. The average molecular weight is 506 g/mol. The third-order valence-corrected chi connectivity index (χ3v) is 6.63. The molecule has 0 saturated carbocycles. The summed E-state index contributed by atoms with van der Waals surface area (Å²) in [6.07, 6.45) is -3.56. The van der Waals surface area contributed by atoms with Crippen molar-refractivity contribution < 1.29 is 32.3 Å². The van der Waals surface area contributed by atoms with Gasteiger partial charge >= 0.3 is 6.18 Å². The molecule has 1 atom stereocenters. The maximum Gasteiger partial charge on any atom is 0.408 e. The SMILES string of the molecule is Nc1cc(C(=O)N2CC(O)(c3nn(CC(=O)N4CCC[C@H]4C(F)(F)F)c4ccccc34)C2)c(F)cn1. The van der Waals surface area contributed by atoms with Crippen LogP contribution >= 0.6 is 0 Å². The van der Waals surface area contributed by atoms with Crippen LogP contribution in [0.3, 0.4) is 0 Å². The fourth-order valence-corrected chi connectivity index (χ4v) is 4.88. The number of pyridine rings is 1. The Kier molecular flexibility index (Phi) is 5.62. The van der Waals surface area contributed by atoms with Gasteiger partial charge in [0.05, 0.1) is 30.4 Å². The first-order valence-corrected chi connectivity index (χ1v) is 11.2. The van der Waals surface area contributed by atoms with E-state index in [1.54, 1.807) is 24.3 Å². The van der Waals surface area contributed by atoms with Crippen molar-refractivity contribution >= 4 is 28.5 Å². The third-order valence-electron chi connectivity index (χ3n) is 6.63. The number of nitrogens with two attached hydrogens (primary N) is 1. The molecule has 0 bridgehead atoms. The van der Waals surface area contributed by atoms with E-state index in [2.05, 4.69) is 10.1 Å². The molecule has 2 aliphatic rings. The van der Waals surface area contributed by atoms with Crippen LogP contribution in [-0.2, 0) is 16.9 Å². The van der Waals surface area contributed by atoms with Crippen LogP contribution in [0.5, 0.6) is 0 Å². The lowest BCUT2D eigenvalue weighted by Crippen LogP contribution is -2.61. The van der Waals surface area contributed by atoms with Crippen molar-refractivity contribution in [1.29, 1.82) is 0 Å². The number of hydrogen-bond donors (Lipinski definition) is 2. The molecule has 0 radical (unpaired) electrons. The van der Waals surface area contributed by atoms with Gasteiger partial charge in [-0.2, -0.15) is 18.3 Å². The molecule has 2 saturated heterocycles. The number of hydrogen-bond acceptors (Lipinski definition) is 6. The summed E-state index contributed by atoms with van der Waals surface area (Å²) in [4.78, 5) is 31.2. The smallest absolute Gasteiger partial charge is 0.384 e. The van der Waals surface area contributed by atoms with Crippen molar-refractivity contribution in [2.24, 2.45) is 0 Å². The molecule has 0 unspecified atom stereocenters. The minimum atomic E-state index is -4.51. The zero-order chi connectivity index (χ0) is 25.8. The predicted octanol–water partition coefficient (Wildman–Crippen LogP) is 2.05. The Labute approximate surface area is 202 Å². The molecule has 3 N–H and O–H groups in total. The number of alkyl halides is 3. The molecule has 2 amide bonds. The number of aromatic nitrogens is 3. The summed E-state index contributed by atoms with van der Waals surface area (Å²) in [5.41, 5.74) is 4.30. The van der Waals surface area contributed by atoms with E-state index < -0.39 is 42.0 Å². The summed E-state index contributed by atoms with van der Waals surface area (Å²) in [7, 11) is 0. The molecule has 4 heterocycles. The summed E-state index contributed by atoms with van der Waals surface area (Å²) >= 11 is 0. The van der Waals surface area contributed by atoms with E-state index in [1.165, 1.54) is 9.58 Å². The number of β-amino-alcohol motifs (C(OH)–C–C–N with tert-alkyl or cyclic N) is 1. The van der Waals surface area contributed by atoms with Crippen molar-refractivity contribution in [3.63, 3.8) is 0 Å². The minimum Gasteiger partial charge on any atom is -0.384 e. The van der Waals surface area contributed by atoms with Crippen molar-refractivity contribution in [3.05, 3.63) is 53.6 Å². The molecule has 3 aromatic rings. The predicted molar refractivity (Wildman–Crippen MR) is 119 cm³/mol. The second-order valence-corrected chi connectivity index (χ2v) is 9.09. The Morgan fingerprint density at radius 1 is 1.22 bits per heavy atom. The lowest BCUT2D eigenvalue weighted by atomic mass is 9.88. The maximum atomic E-state index is 14.1. The van der Waals surface area contributed by atoms with Crippen LogP contribution in [0.4, 0.5) is 23.4 Å². The Hall–Kier alpha value is -3.74. The zero-order valence-electron chi connectivity index (χ0n) is 18.9. The minimum absolute atomic E-state index is 0.00611. The number of fused-ring (bicyclic) bond motifs is 1. The second kappa shape index (κ2) is 8.43. The first kappa shape index (κ1) is 24.0. The van der Waals surface area contributed by atoms with Gasteiger partial charge in [0.15, 0.2) is 5.82 Å². The molecule has 0 aliphatic carbocycles. The Balaban J connectivity index is 1.39. The third kappa shape index (κ3) is 4.02. The van der Waals surface area contributed by atoms with Gasteiger partial charge in [-0.3, -0.25) is 14.3 Å². The average Bonchev–Trinajstić information content (AvgIpc) is 3.44. The van der Waals surface area contributed by atoms with E-state index in [-0.39, 0.29) is 49.6 Å².